The van der Waals surface area contributed by atoms with E-state index in [0.29, 0.717) is 18.3 Å². The van der Waals surface area contributed by atoms with Crippen LogP contribution >= 0.6 is 0 Å². The number of methoxy groups -OCH3 is 1. The molecule has 144 valence electrons. The summed E-state index contributed by atoms with van der Waals surface area (Å²) in [5.41, 5.74) is 1.68. The number of hydrogen-bond donors (Lipinski definition) is 2. The number of carbonyl (C=O) groups excluding carboxylic acids is 1. The normalized spacial score (nSPS) is 16.6. The predicted molar refractivity (Wildman–Crippen MR) is 106 cm³/mol. The molecular weight excluding hydrogens is 356 g/mol. The Kier molecular flexibility index (Phi) is 5.18. The minimum atomic E-state index is -0.135. The fourth-order valence-corrected chi connectivity index (χ4v) is 3.45. The quantitative estimate of drug-likeness (QED) is 0.709. The van der Waals surface area contributed by atoms with Gasteiger partial charge in [-0.3, -0.25) is 9.89 Å². The van der Waals surface area contributed by atoms with Gasteiger partial charge in [-0.25, -0.2) is 9.97 Å². The lowest BCUT2D eigenvalue weighted by molar-refractivity contribution is -0.120. The number of amides is 1. The molecule has 0 saturated carbocycles. The summed E-state index contributed by atoms with van der Waals surface area (Å²) in [5, 5.41) is 10.1. The van der Waals surface area contributed by atoms with E-state index in [0.717, 1.165) is 36.4 Å². The molecule has 1 aromatic carbocycles. The second-order valence-corrected chi connectivity index (χ2v) is 6.69. The fraction of sp³-hybridized carbons (Fsp3) is 0.300. The van der Waals surface area contributed by atoms with E-state index in [2.05, 4.69) is 30.4 Å². The number of para-hydroxylation sites is 1. The van der Waals surface area contributed by atoms with Crippen molar-refractivity contribution in [2.45, 2.75) is 12.8 Å². The van der Waals surface area contributed by atoms with Crippen LogP contribution in [0.2, 0.25) is 0 Å². The summed E-state index contributed by atoms with van der Waals surface area (Å²) in [4.78, 5) is 23.4. The van der Waals surface area contributed by atoms with Gasteiger partial charge in [0.1, 0.15) is 5.75 Å². The molecule has 1 amide bonds. The van der Waals surface area contributed by atoms with Crippen molar-refractivity contribution in [2.75, 3.05) is 30.4 Å². The standard InChI is InChI=1S/C20H22N6O2/c1-28-17-8-3-2-7-15(17)16-12-18(25-24-16)23-19(27)14-6-4-11-26(13-14)20-21-9-5-10-22-20/h2-3,5,7-10,12,14H,4,6,11,13H2,1H3,(H2,23,24,25,27)/t14-/m0/s1. The maximum absolute atomic E-state index is 12.8. The maximum atomic E-state index is 12.8. The van der Waals surface area contributed by atoms with Crippen LogP contribution in [0, 0.1) is 5.92 Å². The molecular formula is C20H22N6O2. The van der Waals surface area contributed by atoms with Gasteiger partial charge in [0.05, 0.1) is 18.7 Å². The van der Waals surface area contributed by atoms with Crippen LogP contribution in [-0.4, -0.2) is 46.3 Å². The summed E-state index contributed by atoms with van der Waals surface area (Å²) >= 11 is 0. The molecule has 1 atom stereocenters. The van der Waals surface area contributed by atoms with Crippen LogP contribution in [0.15, 0.2) is 48.8 Å². The van der Waals surface area contributed by atoms with Gasteiger partial charge in [0.25, 0.3) is 0 Å². The zero-order valence-electron chi connectivity index (χ0n) is 15.6. The monoisotopic (exact) mass is 378 g/mol. The van der Waals surface area contributed by atoms with Gasteiger partial charge in [-0.2, -0.15) is 5.10 Å². The molecule has 8 nitrogen and oxygen atoms in total. The molecule has 28 heavy (non-hydrogen) atoms. The predicted octanol–water partition coefficient (Wildman–Crippen LogP) is 2.73. The molecule has 3 aromatic rings. The average molecular weight is 378 g/mol. The third-order valence-electron chi connectivity index (χ3n) is 4.85. The van der Waals surface area contributed by atoms with Crippen molar-refractivity contribution < 1.29 is 9.53 Å². The van der Waals surface area contributed by atoms with Crippen LogP contribution in [0.25, 0.3) is 11.3 Å². The SMILES string of the molecule is COc1ccccc1-c1cc(NC(=O)[C@H]2CCCN(c3ncccn3)C2)n[nH]1. The van der Waals surface area contributed by atoms with E-state index in [-0.39, 0.29) is 11.8 Å². The first-order valence-corrected chi connectivity index (χ1v) is 9.26. The minimum Gasteiger partial charge on any atom is -0.496 e. The lowest BCUT2D eigenvalue weighted by Crippen LogP contribution is -2.41. The van der Waals surface area contributed by atoms with Crippen molar-refractivity contribution >= 4 is 17.7 Å². The molecule has 0 unspecified atom stereocenters. The fourth-order valence-electron chi connectivity index (χ4n) is 3.45. The van der Waals surface area contributed by atoms with E-state index in [9.17, 15) is 4.79 Å². The third kappa shape index (κ3) is 3.80. The molecule has 2 N–H and O–H groups in total. The summed E-state index contributed by atoms with van der Waals surface area (Å²) < 4.78 is 5.39. The number of rotatable bonds is 5. The number of aromatic amines is 1. The van der Waals surface area contributed by atoms with Crippen LogP contribution in [0.4, 0.5) is 11.8 Å². The van der Waals surface area contributed by atoms with Crippen LogP contribution in [0.1, 0.15) is 12.8 Å². The van der Waals surface area contributed by atoms with Gasteiger partial charge < -0.3 is 15.0 Å². The van der Waals surface area contributed by atoms with Gasteiger partial charge in [-0.05, 0) is 31.0 Å². The second kappa shape index (κ2) is 8.08. The Morgan fingerprint density at radius 3 is 2.89 bits per heavy atom. The number of H-pyrrole nitrogens is 1. The van der Waals surface area contributed by atoms with Crippen LogP contribution in [0.3, 0.4) is 0 Å². The molecule has 1 fully saturated rings. The van der Waals surface area contributed by atoms with E-state index in [1.165, 1.54) is 0 Å². The molecule has 1 saturated heterocycles. The minimum absolute atomic E-state index is 0.0429. The van der Waals surface area contributed by atoms with E-state index >= 15 is 0 Å². The number of benzene rings is 1. The number of nitrogens with zero attached hydrogens (tertiary/aromatic N) is 4. The van der Waals surface area contributed by atoms with Crippen molar-refractivity contribution in [3.8, 4) is 17.0 Å². The lowest BCUT2D eigenvalue weighted by atomic mass is 9.97. The zero-order valence-corrected chi connectivity index (χ0v) is 15.6. The Balaban J connectivity index is 1.43. The Hall–Kier alpha value is -3.42. The molecule has 0 spiro atoms. The molecule has 0 bridgehead atoms. The van der Waals surface area contributed by atoms with Gasteiger partial charge in [-0.15, -0.1) is 0 Å². The molecule has 4 rings (SSSR count). The summed E-state index contributed by atoms with van der Waals surface area (Å²) in [6, 6.07) is 11.3. The van der Waals surface area contributed by atoms with Crippen molar-refractivity contribution in [1.82, 2.24) is 20.2 Å². The topological polar surface area (TPSA) is 96.0 Å². The van der Waals surface area contributed by atoms with Crippen molar-refractivity contribution in [2.24, 2.45) is 5.92 Å². The molecule has 8 heteroatoms. The first kappa shape index (κ1) is 18.0. The Morgan fingerprint density at radius 1 is 1.25 bits per heavy atom. The second-order valence-electron chi connectivity index (χ2n) is 6.69. The summed E-state index contributed by atoms with van der Waals surface area (Å²) in [6.07, 6.45) is 5.19. The third-order valence-corrected chi connectivity index (χ3v) is 4.85. The van der Waals surface area contributed by atoms with E-state index in [4.69, 9.17) is 4.74 Å². The molecule has 0 aliphatic carbocycles. The largest absolute Gasteiger partial charge is 0.496 e. The zero-order chi connectivity index (χ0) is 19.3. The van der Waals surface area contributed by atoms with E-state index in [1.54, 1.807) is 25.6 Å². The number of aromatic nitrogens is 4. The highest BCUT2D eigenvalue weighted by Gasteiger charge is 2.27. The molecule has 2 aromatic heterocycles. The number of nitrogens with one attached hydrogen (secondary N) is 2. The number of hydrogen-bond acceptors (Lipinski definition) is 6. The van der Waals surface area contributed by atoms with E-state index in [1.807, 2.05) is 30.3 Å². The number of anilines is 2. The summed E-state index contributed by atoms with van der Waals surface area (Å²) in [7, 11) is 1.63. The highest BCUT2D eigenvalue weighted by Crippen LogP contribution is 2.29. The smallest absolute Gasteiger partial charge is 0.230 e. The first-order chi connectivity index (χ1) is 13.7. The molecule has 3 heterocycles. The van der Waals surface area contributed by atoms with Crippen LogP contribution in [0.5, 0.6) is 5.75 Å². The van der Waals surface area contributed by atoms with Crippen molar-refractivity contribution in [3.63, 3.8) is 0 Å². The first-order valence-electron chi connectivity index (χ1n) is 9.26. The van der Waals surface area contributed by atoms with Crippen molar-refractivity contribution in [1.29, 1.82) is 0 Å². The van der Waals surface area contributed by atoms with Crippen molar-refractivity contribution in [3.05, 3.63) is 48.8 Å². The lowest BCUT2D eigenvalue weighted by Gasteiger charge is -2.31. The Labute approximate surface area is 163 Å². The number of ether oxygens (including phenoxy) is 1. The summed E-state index contributed by atoms with van der Waals surface area (Å²) in [6.45, 7) is 1.45. The average Bonchev–Trinajstić information content (AvgIpc) is 3.22. The van der Waals surface area contributed by atoms with Gasteiger partial charge in [0.2, 0.25) is 11.9 Å². The number of carbonyl (C=O) groups is 1. The van der Waals surface area contributed by atoms with Gasteiger partial charge in [0, 0.05) is 37.1 Å². The molecule has 1 aliphatic heterocycles. The van der Waals surface area contributed by atoms with Crippen LogP contribution < -0.4 is 15.0 Å². The number of piperidine rings is 1. The van der Waals surface area contributed by atoms with Gasteiger partial charge in [0.15, 0.2) is 5.82 Å². The summed E-state index contributed by atoms with van der Waals surface area (Å²) in [5.74, 6) is 1.73. The molecule has 1 aliphatic rings. The van der Waals surface area contributed by atoms with Crippen LogP contribution in [-0.2, 0) is 4.79 Å². The molecule has 0 radical (unpaired) electrons. The van der Waals surface area contributed by atoms with Gasteiger partial charge in [-0.1, -0.05) is 12.1 Å². The Morgan fingerprint density at radius 2 is 2.07 bits per heavy atom. The Bertz CT molecular complexity index is 943. The highest BCUT2D eigenvalue weighted by molar-refractivity contribution is 5.92. The van der Waals surface area contributed by atoms with E-state index < -0.39 is 0 Å². The highest BCUT2D eigenvalue weighted by atomic mass is 16.5. The van der Waals surface area contributed by atoms with Gasteiger partial charge >= 0.3 is 0 Å². The maximum Gasteiger partial charge on any atom is 0.230 e.